The molecule has 4 nitrogen and oxygen atoms in total. The maximum absolute atomic E-state index is 10.8. The Morgan fingerprint density at radius 3 is 2.35 bits per heavy atom. The lowest BCUT2D eigenvalue weighted by molar-refractivity contribution is -0.137. The van der Waals surface area contributed by atoms with E-state index in [-0.39, 0.29) is 6.42 Å². The fourth-order valence-electron chi connectivity index (χ4n) is 2.77. The van der Waals surface area contributed by atoms with Gasteiger partial charge in [0.1, 0.15) is 0 Å². The van der Waals surface area contributed by atoms with Crippen molar-refractivity contribution in [3.63, 3.8) is 0 Å². The van der Waals surface area contributed by atoms with Gasteiger partial charge in [-0.25, -0.2) is 0 Å². The van der Waals surface area contributed by atoms with Crippen molar-refractivity contribution in [3.05, 3.63) is 12.3 Å². The fraction of sp³-hybridized carbons (Fsp3) is 0.789. The highest BCUT2D eigenvalue weighted by molar-refractivity contribution is 5.66. The third kappa shape index (κ3) is 15.4. The summed E-state index contributed by atoms with van der Waals surface area (Å²) in [5.41, 5.74) is 0. The molecule has 0 aromatic rings. The number of carboxylic acid groups (broad SMARTS) is 1. The second-order valence-electron chi connectivity index (χ2n) is 6.44. The summed E-state index contributed by atoms with van der Waals surface area (Å²) in [6, 6.07) is 0. The molecule has 0 aromatic heterocycles. The van der Waals surface area contributed by atoms with Gasteiger partial charge in [-0.1, -0.05) is 64.4 Å². The number of hydrogen-bond donors (Lipinski definition) is 1. The van der Waals surface area contributed by atoms with Crippen LogP contribution in [0, 0.1) is 5.92 Å². The van der Waals surface area contributed by atoms with E-state index >= 15 is 0 Å². The predicted molar refractivity (Wildman–Crippen MR) is 95.2 cm³/mol. The van der Waals surface area contributed by atoms with Crippen LogP contribution in [0.1, 0.15) is 84.0 Å². The van der Waals surface area contributed by atoms with Crippen molar-refractivity contribution in [1.82, 2.24) is 4.90 Å². The Morgan fingerprint density at radius 2 is 1.70 bits per heavy atom. The van der Waals surface area contributed by atoms with Crippen LogP contribution < -0.4 is 0 Å². The van der Waals surface area contributed by atoms with Gasteiger partial charge in [-0.3, -0.25) is 9.59 Å². The number of aliphatic carboxylic acids is 1. The maximum atomic E-state index is 10.8. The Bertz CT molecular complexity index is 329. The van der Waals surface area contributed by atoms with Gasteiger partial charge < -0.3 is 10.0 Å². The largest absolute Gasteiger partial charge is 0.481 e. The fourth-order valence-corrected chi connectivity index (χ4v) is 2.77. The number of carbonyl (C=O) groups excluding carboxylic acids is 1. The van der Waals surface area contributed by atoms with Crippen molar-refractivity contribution < 1.29 is 14.7 Å². The molecule has 4 heteroatoms. The standard InChI is InChI=1S/C19H35NO3/c1-3-4-5-6-7-9-12-18(14-15-19(22)23)13-10-8-11-16-20(2)17-21/h11,16-18H,3-10,12-15H2,1-2H3,(H,22,23). The van der Waals surface area contributed by atoms with E-state index in [2.05, 4.69) is 6.92 Å². The highest BCUT2D eigenvalue weighted by atomic mass is 16.4. The average molecular weight is 325 g/mol. The van der Waals surface area contributed by atoms with Crippen molar-refractivity contribution in [2.45, 2.75) is 84.0 Å². The third-order valence-electron chi connectivity index (χ3n) is 4.22. The minimum absolute atomic E-state index is 0.282. The summed E-state index contributed by atoms with van der Waals surface area (Å²) in [5, 5.41) is 8.88. The molecule has 0 aliphatic rings. The average Bonchev–Trinajstić information content (AvgIpc) is 2.54. The number of hydrogen-bond acceptors (Lipinski definition) is 2. The van der Waals surface area contributed by atoms with E-state index in [1.807, 2.05) is 6.08 Å². The van der Waals surface area contributed by atoms with E-state index in [4.69, 9.17) is 5.11 Å². The first-order chi connectivity index (χ1) is 11.1. The minimum atomic E-state index is -0.689. The second kappa shape index (κ2) is 15.6. The SMILES string of the molecule is CCCCCCCCC(CCCC=CN(C)C=O)CCC(=O)O. The van der Waals surface area contributed by atoms with Crippen LogP contribution in [-0.4, -0.2) is 29.4 Å². The molecule has 1 N–H and O–H groups in total. The number of amides is 1. The summed E-state index contributed by atoms with van der Waals surface area (Å²) in [6.45, 7) is 2.23. The molecule has 0 aromatic carbocycles. The molecule has 0 heterocycles. The number of unbranched alkanes of at least 4 members (excludes halogenated alkanes) is 6. The summed E-state index contributed by atoms with van der Waals surface area (Å²) in [7, 11) is 1.72. The first-order valence-corrected chi connectivity index (χ1v) is 9.15. The first-order valence-electron chi connectivity index (χ1n) is 9.15. The van der Waals surface area contributed by atoms with Crippen LogP contribution in [0.2, 0.25) is 0 Å². The van der Waals surface area contributed by atoms with Crippen LogP contribution in [0.4, 0.5) is 0 Å². The van der Waals surface area contributed by atoms with Crippen LogP contribution in [-0.2, 0) is 9.59 Å². The maximum Gasteiger partial charge on any atom is 0.303 e. The summed E-state index contributed by atoms with van der Waals surface area (Å²) in [5.74, 6) is -0.167. The van der Waals surface area contributed by atoms with Gasteiger partial charge >= 0.3 is 5.97 Å². The lowest BCUT2D eigenvalue weighted by atomic mass is 9.91. The van der Waals surface area contributed by atoms with E-state index in [1.54, 1.807) is 13.2 Å². The number of carboxylic acids is 1. The van der Waals surface area contributed by atoms with E-state index in [9.17, 15) is 9.59 Å². The number of nitrogens with zero attached hydrogens (tertiary/aromatic N) is 1. The molecule has 0 bridgehead atoms. The van der Waals surface area contributed by atoms with E-state index in [0.29, 0.717) is 5.92 Å². The second-order valence-corrected chi connectivity index (χ2v) is 6.44. The van der Waals surface area contributed by atoms with Gasteiger partial charge in [-0.15, -0.1) is 0 Å². The van der Waals surface area contributed by atoms with Crippen LogP contribution in [0.5, 0.6) is 0 Å². The normalized spacial score (nSPS) is 12.4. The van der Waals surface area contributed by atoms with Gasteiger partial charge in [0.05, 0.1) is 0 Å². The zero-order valence-corrected chi connectivity index (χ0v) is 15.0. The molecule has 1 atom stereocenters. The molecule has 134 valence electrons. The monoisotopic (exact) mass is 325 g/mol. The Balaban J connectivity index is 3.92. The van der Waals surface area contributed by atoms with Crippen LogP contribution in [0.3, 0.4) is 0 Å². The topological polar surface area (TPSA) is 57.6 Å². The van der Waals surface area contributed by atoms with Crippen molar-refractivity contribution in [1.29, 1.82) is 0 Å². The predicted octanol–water partition coefficient (Wildman–Crippen LogP) is 4.99. The zero-order valence-electron chi connectivity index (χ0n) is 15.0. The lowest BCUT2D eigenvalue weighted by Crippen LogP contribution is -2.06. The van der Waals surface area contributed by atoms with Gasteiger partial charge in [0.15, 0.2) is 0 Å². The first kappa shape index (κ1) is 21.7. The molecule has 1 amide bonds. The lowest BCUT2D eigenvalue weighted by Gasteiger charge is -2.15. The molecule has 0 spiro atoms. The summed E-state index contributed by atoms with van der Waals surface area (Å²) in [4.78, 5) is 22.7. The molecule has 0 saturated heterocycles. The molecule has 0 aliphatic carbocycles. The quantitative estimate of drug-likeness (QED) is 0.321. The Kier molecular flexibility index (Phi) is 14.7. The summed E-state index contributed by atoms with van der Waals surface area (Å²) >= 11 is 0. The van der Waals surface area contributed by atoms with Crippen molar-refractivity contribution >= 4 is 12.4 Å². The van der Waals surface area contributed by atoms with Crippen molar-refractivity contribution in [2.24, 2.45) is 5.92 Å². The van der Waals surface area contributed by atoms with Gasteiger partial charge in [-0.2, -0.15) is 0 Å². The summed E-state index contributed by atoms with van der Waals surface area (Å²) < 4.78 is 0. The van der Waals surface area contributed by atoms with Crippen molar-refractivity contribution in [2.75, 3.05) is 7.05 Å². The highest BCUT2D eigenvalue weighted by Gasteiger charge is 2.10. The molecule has 0 saturated carbocycles. The van der Waals surface area contributed by atoms with Gasteiger partial charge in [0.2, 0.25) is 6.41 Å². The minimum Gasteiger partial charge on any atom is -0.481 e. The molecular weight excluding hydrogens is 290 g/mol. The molecule has 1 unspecified atom stereocenters. The molecule has 0 aliphatic heterocycles. The molecule has 0 fully saturated rings. The van der Waals surface area contributed by atoms with Gasteiger partial charge in [0.25, 0.3) is 0 Å². The number of carbonyl (C=O) groups is 2. The van der Waals surface area contributed by atoms with Gasteiger partial charge in [-0.05, 0) is 25.2 Å². The molecular formula is C19H35NO3. The molecule has 0 radical (unpaired) electrons. The molecule has 23 heavy (non-hydrogen) atoms. The number of rotatable bonds is 16. The Labute approximate surface area is 141 Å². The smallest absolute Gasteiger partial charge is 0.303 e. The van der Waals surface area contributed by atoms with Crippen molar-refractivity contribution in [3.8, 4) is 0 Å². The van der Waals surface area contributed by atoms with Crippen LogP contribution in [0.25, 0.3) is 0 Å². The molecule has 0 rings (SSSR count). The van der Waals surface area contributed by atoms with Crippen LogP contribution in [0.15, 0.2) is 12.3 Å². The summed E-state index contributed by atoms with van der Waals surface area (Å²) in [6.07, 6.45) is 17.6. The highest BCUT2D eigenvalue weighted by Crippen LogP contribution is 2.22. The zero-order chi connectivity index (χ0) is 17.3. The Hall–Kier alpha value is -1.32. The van der Waals surface area contributed by atoms with Gasteiger partial charge in [0, 0.05) is 19.7 Å². The van der Waals surface area contributed by atoms with E-state index in [0.717, 1.165) is 38.5 Å². The van der Waals surface area contributed by atoms with Crippen LogP contribution >= 0.6 is 0 Å². The van der Waals surface area contributed by atoms with E-state index < -0.39 is 5.97 Å². The van der Waals surface area contributed by atoms with E-state index in [1.165, 1.54) is 43.4 Å². The third-order valence-corrected chi connectivity index (χ3v) is 4.22. The number of allylic oxidation sites excluding steroid dienone is 1. The Morgan fingerprint density at radius 1 is 1.04 bits per heavy atom.